The van der Waals surface area contributed by atoms with Crippen LogP contribution in [-0.4, -0.2) is 32.3 Å². The van der Waals surface area contributed by atoms with E-state index in [9.17, 15) is 36.7 Å². The Labute approximate surface area is 213 Å². The van der Waals surface area contributed by atoms with E-state index in [1.807, 2.05) is 0 Å². The van der Waals surface area contributed by atoms with Gasteiger partial charge in [-0.3, -0.25) is 0 Å². The van der Waals surface area contributed by atoms with E-state index in [-0.39, 0.29) is 24.2 Å². The van der Waals surface area contributed by atoms with Crippen LogP contribution in [0, 0.1) is 22.7 Å². The third-order valence-corrected chi connectivity index (χ3v) is 6.53. The molecule has 0 saturated carbocycles. The zero-order valence-electron chi connectivity index (χ0n) is 20.0. The van der Waals surface area contributed by atoms with Crippen molar-refractivity contribution in [2.75, 3.05) is 29.1 Å². The van der Waals surface area contributed by atoms with Gasteiger partial charge in [0, 0.05) is 30.5 Å². The highest BCUT2D eigenvalue weighted by Crippen LogP contribution is 2.44. The number of hydrogen-bond acceptors (Lipinski definition) is 7. The lowest BCUT2D eigenvalue weighted by Gasteiger charge is -2.23. The average Bonchev–Trinajstić information content (AvgIpc) is 3.11. The van der Waals surface area contributed by atoms with E-state index in [1.54, 1.807) is 49.2 Å². The predicted octanol–water partition coefficient (Wildman–Crippen LogP) is 5.19. The fourth-order valence-corrected chi connectivity index (χ4v) is 4.52. The molecule has 2 aromatic rings. The van der Waals surface area contributed by atoms with Crippen molar-refractivity contribution in [1.29, 1.82) is 10.5 Å². The maximum Gasteiger partial charge on any atom is 0.416 e. The Bertz CT molecular complexity index is 1470. The topological polar surface area (TPSA) is 111 Å². The molecule has 0 aliphatic carbocycles. The van der Waals surface area contributed by atoms with Gasteiger partial charge in [-0.1, -0.05) is 30.3 Å². The van der Waals surface area contributed by atoms with Crippen LogP contribution in [-0.2, 0) is 16.3 Å². The van der Waals surface area contributed by atoms with Crippen molar-refractivity contribution < 1.29 is 26.1 Å². The summed E-state index contributed by atoms with van der Waals surface area (Å²) in [5, 5.41) is 19.4. The first kappa shape index (κ1) is 27.5. The number of hydrogen-bond donors (Lipinski definition) is 0. The van der Waals surface area contributed by atoms with Crippen molar-refractivity contribution in [2.24, 2.45) is 0 Å². The molecular weight excluding hydrogens is 505 g/mol. The lowest BCUT2D eigenvalue weighted by Crippen LogP contribution is -2.27. The number of halogens is 3. The molecule has 3 rings (SSSR count). The van der Waals surface area contributed by atoms with E-state index < -0.39 is 27.6 Å². The number of anilines is 2. The van der Waals surface area contributed by atoms with E-state index in [0.717, 1.165) is 12.1 Å². The zero-order valence-corrected chi connectivity index (χ0v) is 20.8. The summed E-state index contributed by atoms with van der Waals surface area (Å²) >= 11 is 0. The summed E-state index contributed by atoms with van der Waals surface area (Å²) in [4.78, 5) is 3.08. The molecule has 0 atom stereocenters. The molecule has 192 valence electrons. The Hall–Kier alpha value is -4.06. The molecule has 2 aromatic carbocycles. The van der Waals surface area contributed by atoms with Gasteiger partial charge in [0.2, 0.25) is 0 Å². The molecule has 0 amide bonds. The molecule has 0 spiro atoms. The smallest absolute Gasteiger partial charge is 0.416 e. The standard InChI is InChI=1S/C26H23F3N4O3S/c1-18(16-30)25(19-7-4-3-5-8-19)20(17-31)9-12-24-32(2)22-11-10-21(26(27,28)29)15-23(22)33(24)13-6-14-37(34,35)36/h3-5,7-12,15H,6,13-14H2,1-2H3,(H,34,35,36)/p-1/b20-9+,24-12+,25-18-. The molecule has 0 aromatic heterocycles. The maximum atomic E-state index is 13.4. The minimum absolute atomic E-state index is 0.0553. The number of alkyl halides is 3. The molecule has 0 saturated heterocycles. The number of benzene rings is 2. The van der Waals surface area contributed by atoms with Crippen molar-refractivity contribution in [3.8, 4) is 12.1 Å². The average molecular weight is 528 g/mol. The van der Waals surface area contributed by atoms with Gasteiger partial charge in [-0.2, -0.15) is 23.7 Å². The Morgan fingerprint density at radius 1 is 1.08 bits per heavy atom. The van der Waals surface area contributed by atoms with Gasteiger partial charge in [0.1, 0.15) is 5.82 Å². The molecular formula is C26H22F3N4O3S-. The second-order valence-corrected chi connectivity index (χ2v) is 9.75. The summed E-state index contributed by atoms with van der Waals surface area (Å²) in [7, 11) is -2.90. The molecule has 37 heavy (non-hydrogen) atoms. The highest BCUT2D eigenvalue weighted by molar-refractivity contribution is 7.85. The number of nitrogens with zero attached hydrogens (tertiary/aromatic N) is 4. The highest BCUT2D eigenvalue weighted by atomic mass is 32.2. The van der Waals surface area contributed by atoms with Crippen LogP contribution in [0.4, 0.5) is 24.5 Å². The van der Waals surface area contributed by atoms with Gasteiger partial charge >= 0.3 is 6.18 Å². The van der Waals surface area contributed by atoms with Crippen LogP contribution in [0.1, 0.15) is 24.5 Å². The first-order valence-electron chi connectivity index (χ1n) is 11.0. The van der Waals surface area contributed by atoms with Gasteiger partial charge in [0.25, 0.3) is 0 Å². The molecule has 0 radical (unpaired) electrons. The van der Waals surface area contributed by atoms with Gasteiger partial charge in [-0.15, -0.1) is 0 Å². The molecule has 11 heteroatoms. The van der Waals surface area contributed by atoms with Crippen LogP contribution < -0.4 is 9.80 Å². The van der Waals surface area contributed by atoms with E-state index in [4.69, 9.17) is 0 Å². The Balaban J connectivity index is 2.12. The largest absolute Gasteiger partial charge is 0.748 e. The first-order chi connectivity index (χ1) is 17.4. The van der Waals surface area contributed by atoms with Crippen LogP contribution in [0.5, 0.6) is 0 Å². The summed E-state index contributed by atoms with van der Waals surface area (Å²) in [6, 6.07) is 16.2. The quantitative estimate of drug-likeness (QED) is 0.277. The van der Waals surface area contributed by atoms with Crippen molar-refractivity contribution in [3.05, 3.63) is 88.8 Å². The fourth-order valence-electron chi connectivity index (χ4n) is 4.03. The van der Waals surface area contributed by atoms with Crippen molar-refractivity contribution in [1.82, 2.24) is 0 Å². The molecule has 1 aliphatic rings. The predicted molar refractivity (Wildman–Crippen MR) is 133 cm³/mol. The minimum atomic E-state index is -4.60. The number of allylic oxidation sites excluding steroid dienone is 5. The lowest BCUT2D eigenvalue weighted by atomic mass is 9.94. The number of rotatable bonds is 7. The molecule has 0 fully saturated rings. The number of nitriles is 2. The van der Waals surface area contributed by atoms with E-state index >= 15 is 0 Å². The van der Waals surface area contributed by atoms with Crippen LogP contribution >= 0.6 is 0 Å². The van der Waals surface area contributed by atoms with E-state index in [1.165, 1.54) is 23.1 Å². The zero-order chi connectivity index (χ0) is 27.4. The summed E-state index contributed by atoms with van der Waals surface area (Å²) in [6.45, 7) is 1.52. The molecule has 0 unspecified atom stereocenters. The molecule has 1 heterocycles. The third-order valence-electron chi connectivity index (χ3n) is 5.75. The SMILES string of the molecule is C/C(C#N)=C(/C(C#N)=C/C=C1\N(C)c2ccc(C(F)(F)F)cc2N1CCCS(=O)(=O)[O-])c1ccccc1. The Morgan fingerprint density at radius 2 is 1.76 bits per heavy atom. The van der Waals surface area contributed by atoms with Crippen molar-refractivity contribution >= 4 is 27.1 Å². The third kappa shape index (κ3) is 6.39. The van der Waals surface area contributed by atoms with Gasteiger partial charge in [-0.25, -0.2) is 8.42 Å². The van der Waals surface area contributed by atoms with E-state index in [2.05, 4.69) is 12.1 Å². The van der Waals surface area contributed by atoms with Crippen molar-refractivity contribution in [2.45, 2.75) is 19.5 Å². The lowest BCUT2D eigenvalue weighted by molar-refractivity contribution is -0.137. The minimum Gasteiger partial charge on any atom is -0.748 e. The van der Waals surface area contributed by atoms with Crippen molar-refractivity contribution in [3.63, 3.8) is 0 Å². The highest BCUT2D eigenvalue weighted by Gasteiger charge is 2.35. The van der Waals surface area contributed by atoms with Crippen LogP contribution in [0.3, 0.4) is 0 Å². The summed E-state index contributed by atoms with van der Waals surface area (Å²) in [5.74, 6) is -0.316. The fraction of sp³-hybridized carbons (Fsp3) is 0.231. The van der Waals surface area contributed by atoms with Gasteiger partial charge in [0.05, 0.1) is 44.8 Å². The normalized spacial score (nSPS) is 15.8. The van der Waals surface area contributed by atoms with Crippen LogP contribution in [0.2, 0.25) is 0 Å². The van der Waals surface area contributed by atoms with Crippen LogP contribution in [0.25, 0.3) is 5.57 Å². The molecule has 7 nitrogen and oxygen atoms in total. The molecule has 0 bridgehead atoms. The molecule has 1 aliphatic heterocycles. The second-order valence-electron chi connectivity index (χ2n) is 8.22. The van der Waals surface area contributed by atoms with Gasteiger partial charge < -0.3 is 14.4 Å². The maximum absolute atomic E-state index is 13.4. The van der Waals surface area contributed by atoms with Gasteiger partial charge in [0.15, 0.2) is 0 Å². The first-order valence-corrected chi connectivity index (χ1v) is 12.6. The number of fused-ring (bicyclic) bond motifs is 1. The Morgan fingerprint density at radius 3 is 2.32 bits per heavy atom. The Kier molecular flexibility index (Phi) is 8.12. The summed E-state index contributed by atoms with van der Waals surface area (Å²) in [6.07, 6.45) is -1.74. The molecule has 0 N–H and O–H groups in total. The monoisotopic (exact) mass is 527 g/mol. The summed E-state index contributed by atoms with van der Waals surface area (Å²) < 4.78 is 73.5. The van der Waals surface area contributed by atoms with E-state index in [0.29, 0.717) is 28.2 Å². The van der Waals surface area contributed by atoms with Crippen LogP contribution in [0.15, 0.2) is 77.7 Å². The second kappa shape index (κ2) is 10.9. The summed E-state index contributed by atoms with van der Waals surface area (Å²) in [5.41, 5.74) is 1.24. The van der Waals surface area contributed by atoms with Gasteiger partial charge in [-0.05, 0) is 49.3 Å².